The smallest absolute Gasteiger partial charge is 0.268 e. The summed E-state index contributed by atoms with van der Waals surface area (Å²) >= 11 is 6.03. The van der Waals surface area contributed by atoms with Gasteiger partial charge in [-0.2, -0.15) is 5.26 Å². The van der Waals surface area contributed by atoms with Gasteiger partial charge in [-0.3, -0.25) is 9.59 Å². The fourth-order valence-corrected chi connectivity index (χ4v) is 3.04. The normalized spacial score (nSPS) is 11.8. The standard InChI is InChI=1S/C19H16ClN5O2/c1-10(12-5-14(18(22)26)15(8-21)23-9-12)24-19(27)17-6-11-3-4-13(20)7-16(11)25(17)2/h3-7,9-10H,1-2H3,(H2,22,26)(H,24,27). The summed E-state index contributed by atoms with van der Waals surface area (Å²) in [6.07, 6.45) is 1.44. The zero-order valence-corrected chi connectivity index (χ0v) is 15.4. The third-order valence-corrected chi connectivity index (χ3v) is 4.60. The van der Waals surface area contributed by atoms with E-state index in [2.05, 4.69) is 10.3 Å². The van der Waals surface area contributed by atoms with Crippen LogP contribution in [0.15, 0.2) is 36.5 Å². The summed E-state index contributed by atoms with van der Waals surface area (Å²) in [5.74, 6) is -1.03. The van der Waals surface area contributed by atoms with Gasteiger partial charge in [0.25, 0.3) is 11.8 Å². The molecule has 1 aromatic carbocycles. The highest BCUT2D eigenvalue weighted by Gasteiger charge is 2.18. The van der Waals surface area contributed by atoms with Gasteiger partial charge < -0.3 is 15.6 Å². The number of primary amides is 1. The Morgan fingerprint density at radius 1 is 1.33 bits per heavy atom. The van der Waals surface area contributed by atoms with E-state index >= 15 is 0 Å². The average Bonchev–Trinajstić information content (AvgIpc) is 2.97. The van der Waals surface area contributed by atoms with Crippen molar-refractivity contribution in [1.82, 2.24) is 14.9 Å². The Morgan fingerprint density at radius 2 is 2.07 bits per heavy atom. The molecule has 3 rings (SSSR count). The van der Waals surface area contributed by atoms with Gasteiger partial charge in [-0.05, 0) is 36.8 Å². The summed E-state index contributed by atoms with van der Waals surface area (Å²) in [5, 5.41) is 13.4. The number of aromatic nitrogens is 2. The van der Waals surface area contributed by atoms with Crippen molar-refractivity contribution in [2.75, 3.05) is 0 Å². The van der Waals surface area contributed by atoms with E-state index in [1.54, 1.807) is 36.7 Å². The minimum absolute atomic E-state index is 0.0235. The molecule has 0 aliphatic carbocycles. The van der Waals surface area contributed by atoms with Crippen LogP contribution in [-0.2, 0) is 7.05 Å². The van der Waals surface area contributed by atoms with Crippen molar-refractivity contribution in [1.29, 1.82) is 5.26 Å². The van der Waals surface area contributed by atoms with Gasteiger partial charge >= 0.3 is 0 Å². The summed E-state index contributed by atoms with van der Waals surface area (Å²) in [7, 11) is 1.78. The number of carbonyl (C=O) groups excluding carboxylic acids is 2. The molecule has 0 bridgehead atoms. The Balaban J connectivity index is 1.88. The van der Waals surface area contributed by atoms with Crippen LogP contribution >= 0.6 is 11.6 Å². The van der Waals surface area contributed by atoms with Crippen molar-refractivity contribution in [2.24, 2.45) is 12.8 Å². The van der Waals surface area contributed by atoms with Crippen molar-refractivity contribution >= 4 is 34.3 Å². The van der Waals surface area contributed by atoms with Gasteiger partial charge in [-0.25, -0.2) is 4.98 Å². The van der Waals surface area contributed by atoms with Gasteiger partial charge in [-0.1, -0.05) is 17.7 Å². The Kier molecular flexibility index (Phi) is 4.84. The van der Waals surface area contributed by atoms with Crippen molar-refractivity contribution in [3.63, 3.8) is 0 Å². The van der Waals surface area contributed by atoms with Crippen LogP contribution in [0.3, 0.4) is 0 Å². The second kappa shape index (κ2) is 7.09. The summed E-state index contributed by atoms with van der Waals surface area (Å²) in [4.78, 5) is 28.2. The molecule has 1 atom stereocenters. The zero-order valence-electron chi connectivity index (χ0n) is 14.7. The molecule has 0 aliphatic heterocycles. The summed E-state index contributed by atoms with van der Waals surface area (Å²) in [5.41, 5.74) is 7.15. The summed E-state index contributed by atoms with van der Waals surface area (Å²) in [6.45, 7) is 1.76. The Hall–Kier alpha value is -3.37. The van der Waals surface area contributed by atoms with Crippen molar-refractivity contribution in [3.8, 4) is 6.07 Å². The highest BCUT2D eigenvalue weighted by Crippen LogP contribution is 2.23. The lowest BCUT2D eigenvalue weighted by Gasteiger charge is -2.15. The maximum absolute atomic E-state index is 12.7. The van der Waals surface area contributed by atoms with Gasteiger partial charge in [0.05, 0.1) is 11.6 Å². The highest BCUT2D eigenvalue weighted by molar-refractivity contribution is 6.31. The number of nitrogens with zero attached hydrogens (tertiary/aromatic N) is 3. The summed E-state index contributed by atoms with van der Waals surface area (Å²) < 4.78 is 1.76. The van der Waals surface area contributed by atoms with Crippen LogP contribution < -0.4 is 11.1 Å². The number of nitrogens with one attached hydrogen (secondary N) is 1. The number of halogens is 1. The van der Waals surface area contributed by atoms with Crippen LogP contribution in [0.5, 0.6) is 0 Å². The number of benzene rings is 1. The maximum atomic E-state index is 12.7. The molecule has 0 saturated carbocycles. The van der Waals surface area contributed by atoms with E-state index in [1.165, 1.54) is 12.3 Å². The molecule has 27 heavy (non-hydrogen) atoms. The van der Waals surface area contributed by atoms with E-state index < -0.39 is 11.9 Å². The number of nitrogens with two attached hydrogens (primary N) is 1. The first-order chi connectivity index (χ1) is 12.8. The van der Waals surface area contributed by atoms with Crippen LogP contribution in [0.2, 0.25) is 5.02 Å². The molecule has 3 aromatic rings. The molecule has 0 radical (unpaired) electrons. The number of hydrogen-bond acceptors (Lipinski definition) is 4. The molecule has 0 spiro atoms. The molecule has 8 heteroatoms. The van der Waals surface area contributed by atoms with Crippen LogP contribution in [0.1, 0.15) is 45.1 Å². The van der Waals surface area contributed by atoms with Crippen LogP contribution in [0, 0.1) is 11.3 Å². The van der Waals surface area contributed by atoms with E-state index in [1.807, 2.05) is 12.1 Å². The van der Waals surface area contributed by atoms with E-state index in [0.29, 0.717) is 16.3 Å². The monoisotopic (exact) mass is 381 g/mol. The molecule has 0 fully saturated rings. The SMILES string of the molecule is CC(NC(=O)c1cc2ccc(Cl)cc2n1C)c1cnc(C#N)c(C(N)=O)c1. The van der Waals surface area contributed by atoms with E-state index in [9.17, 15) is 9.59 Å². The fraction of sp³-hybridized carbons (Fsp3) is 0.158. The van der Waals surface area contributed by atoms with Crippen LogP contribution in [-0.4, -0.2) is 21.4 Å². The molecule has 1 unspecified atom stereocenters. The lowest BCUT2D eigenvalue weighted by molar-refractivity contribution is 0.0931. The molecule has 0 saturated heterocycles. The van der Waals surface area contributed by atoms with Crippen LogP contribution in [0.4, 0.5) is 0 Å². The number of fused-ring (bicyclic) bond motifs is 1. The molecule has 2 heterocycles. The first-order valence-corrected chi connectivity index (χ1v) is 8.45. The third-order valence-electron chi connectivity index (χ3n) is 4.37. The van der Waals surface area contributed by atoms with Gasteiger partial charge in [0.15, 0.2) is 5.69 Å². The number of rotatable bonds is 4. The lowest BCUT2D eigenvalue weighted by Crippen LogP contribution is -2.28. The molecule has 7 nitrogen and oxygen atoms in total. The minimum atomic E-state index is -0.745. The van der Waals surface area contributed by atoms with Crippen LogP contribution in [0.25, 0.3) is 10.9 Å². The van der Waals surface area contributed by atoms with Crippen molar-refractivity contribution in [2.45, 2.75) is 13.0 Å². The number of carbonyl (C=O) groups is 2. The Labute approximate surface area is 160 Å². The molecule has 3 N–H and O–H groups in total. The molecular weight excluding hydrogens is 366 g/mol. The molecule has 2 amide bonds. The zero-order chi connectivity index (χ0) is 19.7. The highest BCUT2D eigenvalue weighted by atomic mass is 35.5. The number of pyridine rings is 1. The number of nitriles is 1. The Bertz CT molecular complexity index is 1110. The van der Waals surface area contributed by atoms with Crippen molar-refractivity contribution < 1.29 is 9.59 Å². The minimum Gasteiger partial charge on any atom is -0.366 e. The number of hydrogen-bond donors (Lipinski definition) is 2. The van der Waals surface area contributed by atoms with E-state index in [0.717, 1.165) is 10.9 Å². The van der Waals surface area contributed by atoms with Gasteiger partial charge in [0.1, 0.15) is 11.8 Å². The van der Waals surface area contributed by atoms with Gasteiger partial charge in [-0.15, -0.1) is 0 Å². The number of aryl methyl sites for hydroxylation is 1. The quantitative estimate of drug-likeness (QED) is 0.723. The first kappa shape index (κ1) is 18.4. The third kappa shape index (κ3) is 3.48. The Morgan fingerprint density at radius 3 is 2.74 bits per heavy atom. The molecule has 2 aromatic heterocycles. The topological polar surface area (TPSA) is 114 Å². The summed E-state index contributed by atoms with van der Waals surface area (Å²) in [6, 6.07) is 10.0. The molecule has 136 valence electrons. The fourth-order valence-electron chi connectivity index (χ4n) is 2.87. The van der Waals surface area contributed by atoms with E-state index in [4.69, 9.17) is 22.6 Å². The van der Waals surface area contributed by atoms with Gasteiger partial charge in [0.2, 0.25) is 0 Å². The first-order valence-electron chi connectivity index (χ1n) is 8.07. The maximum Gasteiger partial charge on any atom is 0.268 e. The van der Waals surface area contributed by atoms with Gasteiger partial charge in [0, 0.05) is 29.2 Å². The predicted molar refractivity (Wildman–Crippen MR) is 101 cm³/mol. The second-order valence-corrected chi connectivity index (χ2v) is 6.56. The lowest BCUT2D eigenvalue weighted by atomic mass is 10.1. The number of amides is 2. The second-order valence-electron chi connectivity index (χ2n) is 6.13. The van der Waals surface area contributed by atoms with Crippen molar-refractivity contribution in [3.05, 3.63) is 64.1 Å². The molecular formula is C19H16ClN5O2. The average molecular weight is 382 g/mol. The van der Waals surface area contributed by atoms with E-state index in [-0.39, 0.29) is 17.2 Å². The predicted octanol–water partition coefficient (Wildman–Crippen LogP) is 2.69. The molecule has 0 aliphatic rings. The largest absolute Gasteiger partial charge is 0.366 e.